The first-order valence-electron chi connectivity index (χ1n) is 11.7. The quantitative estimate of drug-likeness (QED) is 0.263. The molecule has 7 heteroatoms. The number of carbonyl (C=O) groups excluding carboxylic acids is 1. The number of fused-ring (bicyclic) bond motifs is 3. The van der Waals surface area contributed by atoms with Crippen molar-refractivity contribution in [3.63, 3.8) is 0 Å². The summed E-state index contributed by atoms with van der Waals surface area (Å²) in [6.07, 6.45) is 3.55. The average Bonchev–Trinajstić information content (AvgIpc) is 3.19. The maximum absolute atomic E-state index is 13.9. The van der Waals surface area contributed by atoms with E-state index in [0.29, 0.717) is 20.6 Å². The standard InChI is InChI=1S/C29H21BrN2O3S/c1-17(33)35-24-14-12-21(30)15-20(24)16-25-28(34)32-27(19-8-3-2-4-9-19)23-13-11-18-7-5-6-10-22(18)26(23)31-29(32)36-25/h2-10,12,14-16,27H,11,13H2,1H3/b25-16+/t27-/m0/s1. The topological polar surface area (TPSA) is 60.7 Å². The highest BCUT2D eigenvalue weighted by molar-refractivity contribution is 9.10. The van der Waals surface area contributed by atoms with Crippen LogP contribution in [0.15, 0.2) is 92.6 Å². The number of hydrogen-bond donors (Lipinski definition) is 0. The van der Waals surface area contributed by atoms with Gasteiger partial charge in [-0.1, -0.05) is 81.9 Å². The van der Waals surface area contributed by atoms with Crippen LogP contribution in [0.4, 0.5) is 0 Å². The molecule has 1 aromatic heterocycles. The number of allylic oxidation sites excluding steroid dienone is 1. The Morgan fingerprint density at radius 3 is 2.67 bits per heavy atom. The molecule has 1 aliphatic heterocycles. The number of aryl methyl sites for hydroxylation is 1. The first-order valence-corrected chi connectivity index (χ1v) is 13.3. The Bertz CT molecular complexity index is 1730. The molecule has 36 heavy (non-hydrogen) atoms. The zero-order valence-electron chi connectivity index (χ0n) is 19.4. The molecular weight excluding hydrogens is 536 g/mol. The van der Waals surface area contributed by atoms with E-state index < -0.39 is 5.97 Å². The predicted molar refractivity (Wildman–Crippen MR) is 145 cm³/mol. The lowest BCUT2D eigenvalue weighted by atomic mass is 9.83. The molecule has 0 spiro atoms. The number of rotatable bonds is 3. The fourth-order valence-corrected chi connectivity index (χ4v) is 6.35. The van der Waals surface area contributed by atoms with Crippen molar-refractivity contribution in [1.82, 2.24) is 4.57 Å². The molecule has 0 radical (unpaired) electrons. The van der Waals surface area contributed by atoms with Crippen molar-refractivity contribution in [2.45, 2.75) is 25.8 Å². The third-order valence-corrected chi connectivity index (χ3v) is 7.98. The Kier molecular flexibility index (Phi) is 5.82. The molecule has 0 bridgehead atoms. The van der Waals surface area contributed by atoms with Crippen LogP contribution in [0.1, 0.15) is 41.6 Å². The molecule has 1 atom stereocenters. The number of esters is 1. The van der Waals surface area contributed by atoms with Crippen LogP contribution in [0, 0.1) is 0 Å². The molecule has 0 amide bonds. The SMILES string of the molecule is CC(=O)Oc1ccc(Br)cc1/C=c1/sc2n(c1=O)[C@@H](c1ccccc1)C1=C(N=2)c2ccccc2CC1. The highest BCUT2D eigenvalue weighted by Crippen LogP contribution is 2.41. The summed E-state index contributed by atoms with van der Waals surface area (Å²) in [4.78, 5) is 31.2. The normalized spacial score (nSPS) is 16.6. The van der Waals surface area contributed by atoms with Crippen molar-refractivity contribution in [2.24, 2.45) is 4.99 Å². The van der Waals surface area contributed by atoms with Gasteiger partial charge in [-0.25, -0.2) is 4.99 Å². The second kappa shape index (κ2) is 9.15. The predicted octanol–water partition coefficient (Wildman–Crippen LogP) is 5.01. The van der Waals surface area contributed by atoms with Gasteiger partial charge in [0.1, 0.15) is 5.75 Å². The highest BCUT2D eigenvalue weighted by atomic mass is 79.9. The summed E-state index contributed by atoms with van der Waals surface area (Å²) >= 11 is 4.84. The van der Waals surface area contributed by atoms with Gasteiger partial charge in [0.15, 0.2) is 4.80 Å². The third kappa shape index (κ3) is 3.98. The number of nitrogens with zero attached hydrogens (tertiary/aromatic N) is 2. The minimum Gasteiger partial charge on any atom is -0.426 e. The van der Waals surface area contributed by atoms with Gasteiger partial charge < -0.3 is 4.74 Å². The van der Waals surface area contributed by atoms with Gasteiger partial charge in [-0.3, -0.25) is 14.2 Å². The molecule has 0 saturated carbocycles. The Morgan fingerprint density at radius 2 is 1.86 bits per heavy atom. The summed E-state index contributed by atoms with van der Waals surface area (Å²) in [6, 6.07) is 23.7. The molecule has 0 fully saturated rings. The van der Waals surface area contributed by atoms with Crippen molar-refractivity contribution in [3.8, 4) is 5.75 Å². The van der Waals surface area contributed by atoms with E-state index in [1.807, 2.05) is 34.9 Å². The van der Waals surface area contributed by atoms with Gasteiger partial charge in [0.2, 0.25) is 0 Å². The van der Waals surface area contributed by atoms with Crippen molar-refractivity contribution in [2.75, 3.05) is 0 Å². The van der Waals surface area contributed by atoms with Crippen molar-refractivity contribution < 1.29 is 9.53 Å². The zero-order chi connectivity index (χ0) is 24.8. The van der Waals surface area contributed by atoms with Crippen molar-refractivity contribution in [1.29, 1.82) is 0 Å². The van der Waals surface area contributed by atoms with Gasteiger partial charge in [-0.2, -0.15) is 0 Å². The van der Waals surface area contributed by atoms with E-state index in [9.17, 15) is 9.59 Å². The van der Waals surface area contributed by atoms with E-state index >= 15 is 0 Å². The zero-order valence-corrected chi connectivity index (χ0v) is 21.8. The molecule has 2 heterocycles. The first kappa shape index (κ1) is 22.9. The third-order valence-electron chi connectivity index (χ3n) is 6.50. The minimum absolute atomic E-state index is 0.105. The van der Waals surface area contributed by atoms with Crippen LogP contribution >= 0.6 is 27.3 Å². The molecule has 0 N–H and O–H groups in total. The molecule has 178 valence electrons. The lowest BCUT2D eigenvalue weighted by molar-refractivity contribution is -0.131. The van der Waals surface area contributed by atoms with Crippen molar-refractivity contribution in [3.05, 3.63) is 125 Å². The summed E-state index contributed by atoms with van der Waals surface area (Å²) in [5.74, 6) is -0.00628. The number of hydrogen-bond acceptors (Lipinski definition) is 5. The lowest BCUT2D eigenvalue weighted by Crippen LogP contribution is -2.38. The fourth-order valence-electron chi connectivity index (χ4n) is 4.98. The van der Waals surface area contributed by atoms with Crippen LogP contribution in [0.3, 0.4) is 0 Å². The van der Waals surface area contributed by atoms with Crippen LogP contribution < -0.4 is 19.6 Å². The number of carbonyl (C=O) groups is 1. The van der Waals surface area contributed by atoms with Crippen LogP contribution in [0.25, 0.3) is 11.8 Å². The van der Waals surface area contributed by atoms with E-state index in [1.54, 1.807) is 18.2 Å². The summed E-state index contributed by atoms with van der Waals surface area (Å²) in [5.41, 5.74) is 6.17. The Morgan fingerprint density at radius 1 is 1.08 bits per heavy atom. The molecule has 1 aliphatic carbocycles. The van der Waals surface area contributed by atoms with E-state index in [-0.39, 0.29) is 11.6 Å². The van der Waals surface area contributed by atoms with Crippen LogP contribution in [-0.4, -0.2) is 10.5 Å². The van der Waals surface area contributed by atoms with Gasteiger partial charge in [0.25, 0.3) is 5.56 Å². The summed E-state index contributed by atoms with van der Waals surface area (Å²) in [5, 5.41) is 0. The van der Waals surface area contributed by atoms with E-state index in [0.717, 1.165) is 34.1 Å². The molecule has 0 saturated heterocycles. The van der Waals surface area contributed by atoms with Gasteiger partial charge >= 0.3 is 5.97 Å². The largest absolute Gasteiger partial charge is 0.426 e. The molecule has 3 aromatic carbocycles. The number of halogens is 1. The Hall–Kier alpha value is -3.55. The Balaban J connectivity index is 1.61. The average molecular weight is 557 g/mol. The lowest BCUT2D eigenvalue weighted by Gasteiger charge is -2.30. The summed E-state index contributed by atoms with van der Waals surface area (Å²) < 4.78 is 8.58. The van der Waals surface area contributed by atoms with Gasteiger partial charge in [0, 0.05) is 22.5 Å². The van der Waals surface area contributed by atoms with E-state index in [1.165, 1.54) is 29.4 Å². The first-order chi connectivity index (χ1) is 17.5. The van der Waals surface area contributed by atoms with Gasteiger partial charge in [-0.05, 0) is 53.8 Å². The van der Waals surface area contributed by atoms with E-state index in [4.69, 9.17) is 9.73 Å². The minimum atomic E-state index is -0.413. The summed E-state index contributed by atoms with van der Waals surface area (Å²) in [6.45, 7) is 1.36. The highest BCUT2D eigenvalue weighted by Gasteiger charge is 2.32. The fraction of sp³-hybridized carbons (Fsp3) is 0.138. The maximum atomic E-state index is 13.9. The van der Waals surface area contributed by atoms with E-state index in [2.05, 4.69) is 46.3 Å². The molecule has 2 aliphatic rings. The number of ether oxygens (including phenoxy) is 1. The number of benzene rings is 3. The molecular formula is C29H21BrN2O3S. The van der Waals surface area contributed by atoms with Gasteiger partial charge in [0.05, 0.1) is 16.3 Å². The van der Waals surface area contributed by atoms with Crippen molar-refractivity contribution >= 4 is 45.0 Å². The smallest absolute Gasteiger partial charge is 0.308 e. The molecule has 0 unspecified atom stereocenters. The van der Waals surface area contributed by atoms with Gasteiger partial charge in [-0.15, -0.1) is 0 Å². The van der Waals surface area contributed by atoms with Crippen LogP contribution in [0.5, 0.6) is 5.75 Å². The number of aromatic nitrogens is 1. The monoisotopic (exact) mass is 556 g/mol. The summed E-state index contributed by atoms with van der Waals surface area (Å²) in [7, 11) is 0. The molecule has 4 aromatic rings. The van der Waals surface area contributed by atoms with Crippen LogP contribution in [0.2, 0.25) is 0 Å². The second-order valence-corrected chi connectivity index (χ2v) is 10.7. The Labute approximate surface area is 219 Å². The number of thiazole rings is 1. The second-order valence-electron chi connectivity index (χ2n) is 8.80. The maximum Gasteiger partial charge on any atom is 0.308 e. The molecule has 6 rings (SSSR count). The molecule has 5 nitrogen and oxygen atoms in total. The van der Waals surface area contributed by atoms with Crippen LogP contribution in [-0.2, 0) is 11.2 Å².